The molecule has 1 aromatic carbocycles. The first-order chi connectivity index (χ1) is 16.0. The van der Waals surface area contributed by atoms with E-state index in [-0.39, 0.29) is 0 Å². The van der Waals surface area contributed by atoms with E-state index in [9.17, 15) is 0 Å². The highest BCUT2D eigenvalue weighted by Gasteiger charge is 2.11. The van der Waals surface area contributed by atoms with Crippen LogP contribution in [-0.4, -0.2) is 24.3 Å². The molecule has 0 spiro atoms. The second-order valence-corrected chi connectivity index (χ2v) is 8.29. The standard InChI is InChI=1S/C25H26N8/c1-15-5-7-33-13-18(32-24(33)8-15)11-28-22-10-23(31-14-30-22)29-12-21-16(2)9-20-19(17(21)3)4-6-27-25(20)26/h4-10,13-14H,11-12H2,1-3H3,(H2,26,27)(H2,28,29,30,31). The molecule has 0 aliphatic carbocycles. The first kappa shape index (κ1) is 20.7. The number of fused-ring (bicyclic) bond motifs is 2. The van der Waals surface area contributed by atoms with Crippen LogP contribution in [0.3, 0.4) is 0 Å². The van der Waals surface area contributed by atoms with Crippen molar-refractivity contribution in [3.05, 3.63) is 83.2 Å². The van der Waals surface area contributed by atoms with Gasteiger partial charge in [-0.15, -0.1) is 0 Å². The predicted molar refractivity (Wildman–Crippen MR) is 132 cm³/mol. The maximum atomic E-state index is 6.07. The minimum atomic E-state index is 0.561. The summed E-state index contributed by atoms with van der Waals surface area (Å²) in [7, 11) is 0. The van der Waals surface area contributed by atoms with Gasteiger partial charge in [-0.05, 0) is 72.7 Å². The van der Waals surface area contributed by atoms with E-state index >= 15 is 0 Å². The Labute approximate surface area is 191 Å². The van der Waals surface area contributed by atoms with Crippen LogP contribution in [0.25, 0.3) is 16.4 Å². The fourth-order valence-electron chi connectivity index (χ4n) is 4.13. The van der Waals surface area contributed by atoms with Crippen molar-refractivity contribution in [1.29, 1.82) is 0 Å². The molecule has 8 heteroatoms. The molecule has 5 aromatic rings. The summed E-state index contributed by atoms with van der Waals surface area (Å²) in [4.78, 5) is 17.6. The van der Waals surface area contributed by atoms with Crippen LogP contribution in [0.15, 0.2) is 55.2 Å². The topological polar surface area (TPSA) is 106 Å². The Hall–Kier alpha value is -4.20. The van der Waals surface area contributed by atoms with E-state index in [0.717, 1.165) is 33.7 Å². The predicted octanol–water partition coefficient (Wildman–Crippen LogP) is 4.40. The second-order valence-electron chi connectivity index (χ2n) is 8.29. The SMILES string of the molecule is Cc1ccn2cc(CNc3cc(NCc4c(C)cc5c(N)nccc5c4C)ncn3)nc2c1. The zero-order valence-electron chi connectivity index (χ0n) is 18.9. The van der Waals surface area contributed by atoms with Crippen LogP contribution in [0.2, 0.25) is 0 Å². The molecule has 33 heavy (non-hydrogen) atoms. The number of rotatable bonds is 6. The molecule has 4 heterocycles. The Bertz CT molecular complexity index is 1470. The normalized spacial score (nSPS) is 11.2. The van der Waals surface area contributed by atoms with Crippen LogP contribution < -0.4 is 16.4 Å². The molecule has 0 unspecified atom stereocenters. The minimum Gasteiger partial charge on any atom is -0.383 e. The molecule has 0 amide bonds. The van der Waals surface area contributed by atoms with Crippen LogP contribution in [0.1, 0.15) is 27.9 Å². The fraction of sp³-hybridized carbons (Fsp3) is 0.200. The van der Waals surface area contributed by atoms with Crippen LogP contribution >= 0.6 is 0 Å². The van der Waals surface area contributed by atoms with Gasteiger partial charge in [0.2, 0.25) is 0 Å². The van der Waals surface area contributed by atoms with Crippen molar-refractivity contribution in [3.8, 4) is 0 Å². The molecule has 0 aliphatic heterocycles. The highest BCUT2D eigenvalue weighted by molar-refractivity contribution is 5.94. The summed E-state index contributed by atoms with van der Waals surface area (Å²) in [5.41, 5.74) is 12.7. The summed E-state index contributed by atoms with van der Waals surface area (Å²) in [6.45, 7) is 7.51. The summed E-state index contributed by atoms with van der Waals surface area (Å²) < 4.78 is 2.02. The van der Waals surface area contributed by atoms with Crippen molar-refractivity contribution < 1.29 is 0 Å². The van der Waals surface area contributed by atoms with Gasteiger partial charge in [-0.25, -0.2) is 19.9 Å². The van der Waals surface area contributed by atoms with E-state index in [2.05, 4.69) is 69.5 Å². The average molecular weight is 439 g/mol. The summed E-state index contributed by atoms with van der Waals surface area (Å²) >= 11 is 0. The Morgan fingerprint density at radius 2 is 1.70 bits per heavy atom. The fourth-order valence-corrected chi connectivity index (χ4v) is 4.13. The Morgan fingerprint density at radius 1 is 0.909 bits per heavy atom. The van der Waals surface area contributed by atoms with Gasteiger partial charge in [0.05, 0.1) is 12.2 Å². The number of nitrogens with zero attached hydrogens (tertiary/aromatic N) is 5. The van der Waals surface area contributed by atoms with Crippen molar-refractivity contribution in [1.82, 2.24) is 24.3 Å². The lowest BCUT2D eigenvalue weighted by molar-refractivity contribution is 1.03. The van der Waals surface area contributed by atoms with Gasteiger partial charge >= 0.3 is 0 Å². The number of benzene rings is 1. The van der Waals surface area contributed by atoms with E-state index < -0.39 is 0 Å². The van der Waals surface area contributed by atoms with E-state index in [4.69, 9.17) is 5.73 Å². The molecule has 4 N–H and O–H groups in total. The first-order valence-corrected chi connectivity index (χ1v) is 10.9. The third-order valence-electron chi connectivity index (χ3n) is 5.94. The van der Waals surface area contributed by atoms with Crippen LogP contribution in [0, 0.1) is 20.8 Å². The van der Waals surface area contributed by atoms with Gasteiger partial charge in [-0.3, -0.25) is 0 Å². The van der Waals surface area contributed by atoms with Gasteiger partial charge in [-0.1, -0.05) is 0 Å². The molecule has 0 radical (unpaired) electrons. The van der Waals surface area contributed by atoms with Crippen molar-refractivity contribution in [2.45, 2.75) is 33.9 Å². The van der Waals surface area contributed by atoms with Gasteiger partial charge in [-0.2, -0.15) is 0 Å². The summed E-state index contributed by atoms with van der Waals surface area (Å²) in [5.74, 6) is 2.06. The third kappa shape index (κ3) is 4.15. The molecule has 0 saturated carbocycles. The molecule has 8 nitrogen and oxygen atoms in total. The number of aromatic nitrogens is 5. The Balaban J connectivity index is 1.29. The maximum absolute atomic E-state index is 6.07. The van der Waals surface area contributed by atoms with Gasteiger partial charge in [0.25, 0.3) is 0 Å². The third-order valence-corrected chi connectivity index (χ3v) is 5.94. The highest BCUT2D eigenvalue weighted by Crippen LogP contribution is 2.28. The number of nitrogens with two attached hydrogens (primary N) is 1. The second kappa shape index (κ2) is 8.38. The van der Waals surface area contributed by atoms with Crippen molar-refractivity contribution in [3.63, 3.8) is 0 Å². The van der Waals surface area contributed by atoms with Crippen molar-refractivity contribution in [2.24, 2.45) is 0 Å². The van der Waals surface area contributed by atoms with Crippen LogP contribution in [0.5, 0.6) is 0 Å². The number of nitrogen functional groups attached to an aromatic ring is 1. The number of aryl methyl sites for hydroxylation is 3. The summed E-state index contributed by atoms with van der Waals surface area (Å²) in [6.07, 6.45) is 7.36. The maximum Gasteiger partial charge on any atom is 0.137 e. The number of nitrogens with one attached hydrogen (secondary N) is 2. The highest BCUT2D eigenvalue weighted by atomic mass is 15.1. The van der Waals surface area contributed by atoms with E-state index in [0.29, 0.717) is 18.9 Å². The summed E-state index contributed by atoms with van der Waals surface area (Å²) in [5, 5.41) is 8.89. The number of hydrogen-bond donors (Lipinski definition) is 3. The number of pyridine rings is 2. The lowest BCUT2D eigenvalue weighted by atomic mass is 9.96. The smallest absolute Gasteiger partial charge is 0.137 e. The van der Waals surface area contributed by atoms with Gasteiger partial charge in [0, 0.05) is 36.6 Å². The first-order valence-electron chi connectivity index (χ1n) is 10.9. The molecule has 166 valence electrons. The molecule has 4 aromatic heterocycles. The molecule has 0 saturated heterocycles. The quantitative estimate of drug-likeness (QED) is 0.361. The molecule has 0 fully saturated rings. The lowest BCUT2D eigenvalue weighted by Crippen LogP contribution is -2.08. The van der Waals surface area contributed by atoms with E-state index in [1.165, 1.54) is 22.3 Å². The molecular formula is C25H26N8. The molecule has 0 aliphatic rings. The van der Waals surface area contributed by atoms with Crippen LogP contribution in [-0.2, 0) is 13.1 Å². The average Bonchev–Trinajstić information content (AvgIpc) is 3.21. The van der Waals surface area contributed by atoms with Crippen LogP contribution in [0.4, 0.5) is 17.5 Å². The Morgan fingerprint density at radius 3 is 2.52 bits per heavy atom. The Kier molecular flexibility index (Phi) is 5.26. The summed E-state index contributed by atoms with van der Waals surface area (Å²) in [6, 6.07) is 10.2. The zero-order valence-corrected chi connectivity index (χ0v) is 18.9. The van der Waals surface area contributed by atoms with Crippen molar-refractivity contribution >= 4 is 33.9 Å². The number of anilines is 3. The minimum absolute atomic E-state index is 0.561. The monoisotopic (exact) mass is 438 g/mol. The van der Waals surface area contributed by atoms with Gasteiger partial charge in [0.1, 0.15) is 29.4 Å². The van der Waals surface area contributed by atoms with Gasteiger partial charge in [0.15, 0.2) is 0 Å². The van der Waals surface area contributed by atoms with Gasteiger partial charge < -0.3 is 20.8 Å². The number of hydrogen-bond acceptors (Lipinski definition) is 7. The van der Waals surface area contributed by atoms with E-state index in [1.54, 1.807) is 12.5 Å². The molecule has 5 rings (SSSR count). The lowest BCUT2D eigenvalue weighted by Gasteiger charge is -2.15. The largest absolute Gasteiger partial charge is 0.383 e. The van der Waals surface area contributed by atoms with Crippen molar-refractivity contribution in [2.75, 3.05) is 16.4 Å². The number of imidazole rings is 1. The van der Waals surface area contributed by atoms with E-state index in [1.807, 2.05) is 28.9 Å². The zero-order chi connectivity index (χ0) is 22.9. The molecular weight excluding hydrogens is 412 g/mol. The molecule has 0 bridgehead atoms. The molecule has 0 atom stereocenters.